The first-order valence-electron chi connectivity index (χ1n) is 7.17. The normalized spacial score (nSPS) is 14.2. The van der Waals surface area contributed by atoms with Crippen LogP contribution in [-0.2, 0) is 0 Å². The summed E-state index contributed by atoms with van der Waals surface area (Å²) in [5.41, 5.74) is 7.00. The number of ether oxygens (including phenoxy) is 1. The monoisotopic (exact) mass is 305 g/mol. The molecule has 0 radical (unpaired) electrons. The van der Waals surface area contributed by atoms with Gasteiger partial charge in [-0.05, 0) is 38.3 Å². The van der Waals surface area contributed by atoms with Crippen molar-refractivity contribution in [2.45, 2.75) is 39.7 Å². The predicted molar refractivity (Wildman–Crippen MR) is 87.6 cm³/mol. The fraction of sp³-hybridized carbons (Fsp3) is 0.500. The molecule has 0 aliphatic rings. The van der Waals surface area contributed by atoms with Crippen LogP contribution in [0.25, 0.3) is 10.6 Å². The fourth-order valence-electron chi connectivity index (χ4n) is 2.36. The first-order chi connectivity index (χ1) is 9.87. The second-order valence-corrected chi connectivity index (χ2v) is 7.36. The summed E-state index contributed by atoms with van der Waals surface area (Å²) in [6, 6.07) is 3.90. The number of pyridine rings is 1. The molecule has 0 aliphatic carbocycles. The van der Waals surface area contributed by atoms with Gasteiger partial charge in [-0.3, -0.25) is 4.98 Å². The Labute approximate surface area is 130 Å². The SMILES string of the molecule is Cc1sc(-c2ccncc2)nc1OCC(C)(N)CC(C)C. The number of hydrogen-bond acceptors (Lipinski definition) is 5. The van der Waals surface area contributed by atoms with Gasteiger partial charge in [0, 0.05) is 23.5 Å². The van der Waals surface area contributed by atoms with Crippen molar-refractivity contribution in [1.29, 1.82) is 0 Å². The summed E-state index contributed by atoms with van der Waals surface area (Å²) < 4.78 is 5.86. The van der Waals surface area contributed by atoms with Crippen LogP contribution in [0.15, 0.2) is 24.5 Å². The molecule has 2 N–H and O–H groups in total. The van der Waals surface area contributed by atoms with Crippen molar-refractivity contribution < 1.29 is 4.74 Å². The van der Waals surface area contributed by atoms with E-state index in [0.717, 1.165) is 21.9 Å². The molecule has 0 fully saturated rings. The van der Waals surface area contributed by atoms with Gasteiger partial charge in [0.15, 0.2) is 0 Å². The summed E-state index contributed by atoms with van der Waals surface area (Å²) in [6.07, 6.45) is 4.46. The lowest BCUT2D eigenvalue weighted by atomic mass is 9.93. The molecule has 0 saturated heterocycles. The quantitative estimate of drug-likeness (QED) is 0.885. The van der Waals surface area contributed by atoms with Crippen LogP contribution in [0.1, 0.15) is 32.1 Å². The van der Waals surface area contributed by atoms with E-state index in [4.69, 9.17) is 10.5 Å². The largest absolute Gasteiger partial charge is 0.475 e. The maximum Gasteiger partial charge on any atom is 0.228 e. The molecule has 4 nitrogen and oxygen atoms in total. The van der Waals surface area contributed by atoms with Crippen LogP contribution >= 0.6 is 11.3 Å². The summed E-state index contributed by atoms with van der Waals surface area (Å²) in [5, 5.41) is 0.951. The van der Waals surface area contributed by atoms with Gasteiger partial charge in [0.1, 0.15) is 11.6 Å². The van der Waals surface area contributed by atoms with E-state index in [0.29, 0.717) is 18.4 Å². The zero-order valence-corrected chi connectivity index (χ0v) is 13.9. The maximum atomic E-state index is 6.28. The third-order valence-electron chi connectivity index (χ3n) is 3.09. The third-order valence-corrected chi connectivity index (χ3v) is 4.10. The summed E-state index contributed by atoms with van der Waals surface area (Å²) in [4.78, 5) is 9.67. The average Bonchev–Trinajstić information content (AvgIpc) is 2.78. The predicted octanol–water partition coefficient (Wildman–Crippen LogP) is 3.66. The Morgan fingerprint density at radius 1 is 1.33 bits per heavy atom. The van der Waals surface area contributed by atoms with E-state index in [1.165, 1.54) is 0 Å². The van der Waals surface area contributed by atoms with Crippen molar-refractivity contribution in [2.75, 3.05) is 6.61 Å². The number of nitrogens with zero attached hydrogens (tertiary/aromatic N) is 2. The lowest BCUT2D eigenvalue weighted by molar-refractivity contribution is 0.201. The third kappa shape index (κ3) is 4.51. The molecule has 2 rings (SSSR count). The zero-order valence-electron chi connectivity index (χ0n) is 13.1. The molecule has 0 saturated carbocycles. The van der Waals surface area contributed by atoms with Crippen molar-refractivity contribution >= 4 is 11.3 Å². The molecule has 2 heterocycles. The topological polar surface area (TPSA) is 61.0 Å². The van der Waals surface area contributed by atoms with Gasteiger partial charge in [0.2, 0.25) is 5.88 Å². The second kappa shape index (κ2) is 6.54. The fourth-order valence-corrected chi connectivity index (χ4v) is 3.22. The Morgan fingerprint density at radius 3 is 2.62 bits per heavy atom. The molecule has 1 unspecified atom stereocenters. The highest BCUT2D eigenvalue weighted by atomic mass is 32.1. The molecule has 0 amide bonds. The lowest BCUT2D eigenvalue weighted by Gasteiger charge is -2.26. The van der Waals surface area contributed by atoms with Crippen LogP contribution in [0, 0.1) is 12.8 Å². The number of aromatic nitrogens is 2. The van der Waals surface area contributed by atoms with Gasteiger partial charge in [-0.25, -0.2) is 4.98 Å². The van der Waals surface area contributed by atoms with Crippen LogP contribution < -0.4 is 10.5 Å². The molecule has 114 valence electrons. The summed E-state index contributed by atoms with van der Waals surface area (Å²) in [5.74, 6) is 1.24. The molecule has 0 aromatic carbocycles. The highest BCUT2D eigenvalue weighted by molar-refractivity contribution is 7.15. The Morgan fingerprint density at radius 2 is 2.00 bits per heavy atom. The van der Waals surface area contributed by atoms with Crippen LogP contribution in [0.5, 0.6) is 5.88 Å². The molecular formula is C16H23N3OS. The van der Waals surface area contributed by atoms with Gasteiger partial charge in [0.25, 0.3) is 0 Å². The highest BCUT2D eigenvalue weighted by Crippen LogP contribution is 2.31. The lowest BCUT2D eigenvalue weighted by Crippen LogP contribution is -2.43. The Balaban J connectivity index is 2.07. The van der Waals surface area contributed by atoms with E-state index < -0.39 is 0 Å². The van der Waals surface area contributed by atoms with Gasteiger partial charge in [0.05, 0.1) is 4.88 Å². The van der Waals surface area contributed by atoms with Gasteiger partial charge in [-0.15, -0.1) is 11.3 Å². The molecule has 2 aromatic heterocycles. The van der Waals surface area contributed by atoms with Crippen molar-refractivity contribution in [2.24, 2.45) is 11.7 Å². The van der Waals surface area contributed by atoms with Crippen LogP contribution in [0.4, 0.5) is 0 Å². The number of hydrogen-bond donors (Lipinski definition) is 1. The van der Waals surface area contributed by atoms with Crippen molar-refractivity contribution in [1.82, 2.24) is 9.97 Å². The first kappa shape index (κ1) is 15.9. The first-order valence-corrected chi connectivity index (χ1v) is 7.98. The summed E-state index contributed by atoms with van der Waals surface area (Å²) in [7, 11) is 0. The minimum absolute atomic E-state index is 0.332. The number of rotatable bonds is 6. The number of aryl methyl sites for hydroxylation is 1. The van der Waals surface area contributed by atoms with Crippen molar-refractivity contribution in [3.63, 3.8) is 0 Å². The van der Waals surface area contributed by atoms with E-state index in [1.54, 1.807) is 23.7 Å². The Bertz CT molecular complexity index is 578. The number of thiazole rings is 1. The molecule has 2 aromatic rings. The summed E-state index contributed by atoms with van der Waals surface area (Å²) >= 11 is 1.63. The molecular weight excluding hydrogens is 282 g/mol. The van der Waals surface area contributed by atoms with Crippen LogP contribution in [0.2, 0.25) is 0 Å². The molecule has 21 heavy (non-hydrogen) atoms. The van der Waals surface area contributed by atoms with Crippen LogP contribution in [0.3, 0.4) is 0 Å². The molecule has 5 heteroatoms. The van der Waals surface area contributed by atoms with E-state index in [2.05, 4.69) is 23.8 Å². The van der Waals surface area contributed by atoms with E-state index in [1.807, 2.05) is 26.0 Å². The van der Waals surface area contributed by atoms with Gasteiger partial charge < -0.3 is 10.5 Å². The molecule has 0 aliphatic heterocycles. The van der Waals surface area contributed by atoms with Crippen LogP contribution in [-0.4, -0.2) is 22.1 Å². The highest BCUT2D eigenvalue weighted by Gasteiger charge is 2.22. The van der Waals surface area contributed by atoms with E-state index >= 15 is 0 Å². The van der Waals surface area contributed by atoms with Gasteiger partial charge in [-0.2, -0.15) is 0 Å². The molecule has 0 bridgehead atoms. The van der Waals surface area contributed by atoms with E-state index in [9.17, 15) is 0 Å². The van der Waals surface area contributed by atoms with E-state index in [-0.39, 0.29) is 5.54 Å². The molecule has 0 spiro atoms. The average molecular weight is 305 g/mol. The van der Waals surface area contributed by atoms with Crippen molar-refractivity contribution in [3.8, 4) is 16.5 Å². The van der Waals surface area contributed by atoms with Gasteiger partial charge >= 0.3 is 0 Å². The second-order valence-electron chi connectivity index (χ2n) is 6.16. The van der Waals surface area contributed by atoms with Gasteiger partial charge in [-0.1, -0.05) is 13.8 Å². The Kier molecular flexibility index (Phi) is 4.96. The standard InChI is InChI=1S/C16H23N3OS/c1-11(2)9-16(4,17)10-20-14-12(3)21-15(19-14)13-5-7-18-8-6-13/h5-8,11H,9-10,17H2,1-4H3. The number of nitrogens with two attached hydrogens (primary N) is 1. The smallest absolute Gasteiger partial charge is 0.228 e. The van der Waals surface area contributed by atoms with Crippen molar-refractivity contribution in [3.05, 3.63) is 29.4 Å². The minimum atomic E-state index is -0.332. The molecule has 1 atom stereocenters. The maximum absolute atomic E-state index is 6.28. The minimum Gasteiger partial charge on any atom is -0.475 e. The Hall–Kier alpha value is -1.46. The zero-order chi connectivity index (χ0) is 15.5. The summed E-state index contributed by atoms with van der Waals surface area (Å²) in [6.45, 7) is 8.86.